The molecule has 0 aliphatic heterocycles. The molecule has 1 aromatic heterocycles. The Labute approximate surface area is 92.2 Å². The third kappa shape index (κ3) is 3.62. The predicted molar refractivity (Wildman–Crippen MR) is 66.4 cm³/mol. The van der Waals surface area contributed by atoms with Crippen LogP contribution in [-0.2, 0) is 0 Å². The molecule has 0 aliphatic carbocycles. The van der Waals surface area contributed by atoms with E-state index in [0.717, 1.165) is 17.0 Å². The molecule has 3 heteroatoms. The molecule has 15 heavy (non-hydrogen) atoms. The summed E-state index contributed by atoms with van der Waals surface area (Å²) in [4.78, 5) is 4.24. The Morgan fingerprint density at radius 2 is 2.00 bits per heavy atom. The predicted octanol–water partition coefficient (Wildman–Crippen LogP) is 3.19. The number of hydrogen-bond donors (Lipinski definition) is 1. The number of anilines is 1. The van der Waals surface area contributed by atoms with Gasteiger partial charge in [-0.25, -0.2) is 0 Å². The Kier molecular flexibility index (Phi) is 6.18. The molecule has 0 saturated heterocycles. The fraction of sp³-hybridized carbons (Fsp3) is 0.417. The van der Waals surface area contributed by atoms with Gasteiger partial charge in [-0.1, -0.05) is 20.4 Å². The van der Waals surface area contributed by atoms with Crippen molar-refractivity contribution in [2.24, 2.45) is 0 Å². The van der Waals surface area contributed by atoms with Gasteiger partial charge in [-0.3, -0.25) is 0 Å². The highest BCUT2D eigenvalue weighted by Crippen LogP contribution is 2.22. The number of ether oxygens (including phenoxy) is 1. The van der Waals surface area contributed by atoms with Crippen LogP contribution in [0.4, 0.5) is 5.82 Å². The van der Waals surface area contributed by atoms with Gasteiger partial charge in [-0.2, -0.15) is 4.98 Å². The van der Waals surface area contributed by atoms with Crippen molar-refractivity contribution in [2.75, 3.05) is 19.5 Å². The molecule has 1 aromatic rings. The van der Waals surface area contributed by atoms with Crippen LogP contribution >= 0.6 is 0 Å². The molecule has 0 aliphatic rings. The molecule has 0 radical (unpaired) electrons. The highest BCUT2D eigenvalue weighted by molar-refractivity contribution is 5.71. The van der Waals surface area contributed by atoms with Crippen LogP contribution in [0.15, 0.2) is 18.7 Å². The first-order chi connectivity index (χ1) is 7.19. The summed E-state index contributed by atoms with van der Waals surface area (Å²) in [5, 5.41) is 3.00. The third-order valence-electron chi connectivity index (χ3n) is 1.78. The van der Waals surface area contributed by atoms with Gasteiger partial charge in [-0.15, -0.1) is 0 Å². The lowest BCUT2D eigenvalue weighted by Gasteiger charge is -2.08. The molecular formula is C12H20N2O. The van der Waals surface area contributed by atoms with Gasteiger partial charge in [0.05, 0.1) is 7.11 Å². The second kappa shape index (κ2) is 6.87. The third-order valence-corrected chi connectivity index (χ3v) is 1.78. The van der Waals surface area contributed by atoms with Crippen molar-refractivity contribution in [1.29, 1.82) is 0 Å². The lowest BCUT2D eigenvalue weighted by molar-refractivity contribution is 0.398. The minimum absolute atomic E-state index is 0.606. The van der Waals surface area contributed by atoms with Gasteiger partial charge >= 0.3 is 0 Å². The Hall–Kier alpha value is -1.51. The van der Waals surface area contributed by atoms with E-state index in [9.17, 15) is 0 Å². The summed E-state index contributed by atoms with van der Waals surface area (Å²) in [5.41, 5.74) is 2.00. The molecule has 0 amide bonds. The van der Waals surface area contributed by atoms with Crippen LogP contribution in [0, 0.1) is 0 Å². The van der Waals surface area contributed by atoms with E-state index in [4.69, 9.17) is 4.74 Å². The minimum Gasteiger partial charge on any atom is -0.481 e. The maximum Gasteiger partial charge on any atom is 0.214 e. The Morgan fingerprint density at radius 3 is 2.40 bits per heavy atom. The highest BCUT2D eigenvalue weighted by atomic mass is 16.5. The van der Waals surface area contributed by atoms with Gasteiger partial charge in [0.15, 0.2) is 0 Å². The summed E-state index contributed by atoms with van der Waals surface area (Å²) in [5.74, 6) is 1.40. The minimum atomic E-state index is 0.606. The summed E-state index contributed by atoms with van der Waals surface area (Å²) < 4.78 is 5.01. The van der Waals surface area contributed by atoms with Crippen LogP contribution in [0.25, 0.3) is 5.57 Å². The lowest BCUT2D eigenvalue weighted by atomic mass is 10.1. The maximum absolute atomic E-state index is 5.01. The first kappa shape index (κ1) is 13.5. The van der Waals surface area contributed by atoms with E-state index in [1.165, 1.54) is 0 Å². The monoisotopic (exact) mass is 208 g/mol. The normalized spacial score (nSPS) is 8.60. The van der Waals surface area contributed by atoms with Crippen LogP contribution < -0.4 is 10.1 Å². The highest BCUT2D eigenvalue weighted by Gasteiger charge is 2.04. The van der Waals surface area contributed by atoms with Gasteiger partial charge in [-0.05, 0) is 18.6 Å². The Morgan fingerprint density at radius 1 is 1.40 bits per heavy atom. The van der Waals surface area contributed by atoms with Crippen molar-refractivity contribution in [1.82, 2.24) is 4.98 Å². The van der Waals surface area contributed by atoms with Gasteiger partial charge < -0.3 is 10.1 Å². The summed E-state index contributed by atoms with van der Waals surface area (Å²) in [6.07, 6.45) is 0. The molecule has 0 unspecified atom stereocenters. The molecule has 1 heterocycles. The number of allylic oxidation sites excluding steroid dienone is 1. The molecule has 1 rings (SSSR count). The first-order valence-electron chi connectivity index (χ1n) is 5.07. The van der Waals surface area contributed by atoms with Crippen LogP contribution in [0.2, 0.25) is 0 Å². The molecule has 0 bridgehead atoms. The molecule has 0 aromatic carbocycles. The fourth-order valence-corrected chi connectivity index (χ4v) is 1.09. The van der Waals surface area contributed by atoms with E-state index in [-0.39, 0.29) is 0 Å². The van der Waals surface area contributed by atoms with Crippen molar-refractivity contribution in [3.8, 4) is 5.88 Å². The van der Waals surface area contributed by atoms with Crippen molar-refractivity contribution in [3.05, 3.63) is 24.3 Å². The van der Waals surface area contributed by atoms with Crippen molar-refractivity contribution < 1.29 is 4.74 Å². The van der Waals surface area contributed by atoms with Gasteiger partial charge in [0, 0.05) is 18.7 Å². The molecule has 0 atom stereocenters. The summed E-state index contributed by atoms with van der Waals surface area (Å²) in [7, 11) is 3.43. The average molecular weight is 208 g/mol. The summed E-state index contributed by atoms with van der Waals surface area (Å²) >= 11 is 0. The fourth-order valence-electron chi connectivity index (χ4n) is 1.09. The second-order valence-corrected chi connectivity index (χ2v) is 2.78. The van der Waals surface area contributed by atoms with Crippen LogP contribution in [0.3, 0.4) is 0 Å². The van der Waals surface area contributed by atoms with E-state index in [2.05, 4.69) is 16.9 Å². The molecule has 0 saturated carbocycles. The SMILES string of the molecule is C=C(C)c1ccc(OC)nc1NC.CC. The number of pyridine rings is 1. The van der Waals surface area contributed by atoms with E-state index in [0.29, 0.717) is 5.88 Å². The van der Waals surface area contributed by atoms with Gasteiger partial charge in [0.1, 0.15) is 5.82 Å². The van der Waals surface area contributed by atoms with Crippen molar-refractivity contribution in [3.63, 3.8) is 0 Å². The Bertz CT molecular complexity index is 321. The van der Waals surface area contributed by atoms with E-state index in [1.807, 2.05) is 40.0 Å². The van der Waals surface area contributed by atoms with Crippen LogP contribution in [0.1, 0.15) is 26.3 Å². The van der Waals surface area contributed by atoms with E-state index in [1.54, 1.807) is 7.11 Å². The van der Waals surface area contributed by atoms with E-state index < -0.39 is 0 Å². The quantitative estimate of drug-likeness (QED) is 0.828. The molecular weight excluding hydrogens is 188 g/mol. The van der Waals surface area contributed by atoms with Gasteiger partial charge in [0.25, 0.3) is 0 Å². The molecule has 84 valence electrons. The smallest absolute Gasteiger partial charge is 0.214 e. The lowest BCUT2D eigenvalue weighted by Crippen LogP contribution is -1.98. The zero-order valence-electron chi connectivity index (χ0n) is 10.2. The summed E-state index contributed by atoms with van der Waals surface area (Å²) in [6, 6.07) is 3.77. The summed E-state index contributed by atoms with van der Waals surface area (Å²) in [6.45, 7) is 9.82. The number of aromatic nitrogens is 1. The van der Waals surface area contributed by atoms with Crippen molar-refractivity contribution in [2.45, 2.75) is 20.8 Å². The molecule has 0 spiro atoms. The number of hydrogen-bond acceptors (Lipinski definition) is 3. The molecule has 1 N–H and O–H groups in total. The number of methoxy groups -OCH3 is 1. The second-order valence-electron chi connectivity index (χ2n) is 2.78. The standard InChI is InChI=1S/C10H14N2O.C2H6/c1-7(2)8-5-6-9(13-4)12-10(8)11-3;1-2/h5-6H,1H2,2-4H3,(H,11,12);1-2H3. The topological polar surface area (TPSA) is 34.1 Å². The van der Waals surface area contributed by atoms with Crippen LogP contribution in [0.5, 0.6) is 5.88 Å². The number of nitrogens with zero attached hydrogens (tertiary/aromatic N) is 1. The van der Waals surface area contributed by atoms with E-state index >= 15 is 0 Å². The van der Waals surface area contributed by atoms with Crippen LogP contribution in [-0.4, -0.2) is 19.1 Å². The number of nitrogens with one attached hydrogen (secondary N) is 1. The van der Waals surface area contributed by atoms with Gasteiger partial charge in [0.2, 0.25) is 5.88 Å². The molecule has 0 fully saturated rings. The first-order valence-corrected chi connectivity index (χ1v) is 5.07. The van der Waals surface area contributed by atoms with Crippen molar-refractivity contribution >= 4 is 11.4 Å². The largest absolute Gasteiger partial charge is 0.481 e. The zero-order valence-corrected chi connectivity index (χ0v) is 10.2. The Balaban J connectivity index is 0.000000921. The number of rotatable bonds is 3. The molecule has 3 nitrogen and oxygen atoms in total. The average Bonchev–Trinajstić information content (AvgIpc) is 2.30. The zero-order chi connectivity index (χ0) is 11.8. The maximum atomic E-state index is 5.01.